The second-order valence-corrected chi connectivity index (χ2v) is 7.38. The van der Waals surface area contributed by atoms with E-state index >= 15 is 0 Å². The van der Waals surface area contributed by atoms with E-state index in [-0.39, 0.29) is 0 Å². The molecule has 2 rings (SSSR count). The van der Waals surface area contributed by atoms with E-state index in [0.29, 0.717) is 5.92 Å². The van der Waals surface area contributed by atoms with E-state index in [0.717, 1.165) is 81.9 Å². The molecule has 1 heterocycles. The van der Waals surface area contributed by atoms with Gasteiger partial charge in [0.1, 0.15) is 0 Å². The van der Waals surface area contributed by atoms with Gasteiger partial charge in [-0.2, -0.15) is 0 Å². The van der Waals surface area contributed by atoms with Gasteiger partial charge in [-0.05, 0) is 49.9 Å². The SMILES string of the molecule is CCNC(=NCCCOCC1CCOC1)N(C)Cc1cc(OC)c(OC)cc1C. The van der Waals surface area contributed by atoms with E-state index < -0.39 is 0 Å². The molecule has 0 bridgehead atoms. The zero-order valence-corrected chi connectivity index (χ0v) is 18.6. The number of aliphatic imine (C=N–C) groups is 1. The van der Waals surface area contributed by atoms with Crippen LogP contribution in [-0.4, -0.2) is 71.6 Å². The number of nitrogens with one attached hydrogen (secondary N) is 1. The van der Waals surface area contributed by atoms with Gasteiger partial charge >= 0.3 is 0 Å². The fraction of sp³-hybridized carbons (Fsp3) is 0.682. The Morgan fingerprint density at radius 2 is 2.03 bits per heavy atom. The summed E-state index contributed by atoms with van der Waals surface area (Å²) in [6.07, 6.45) is 2.02. The predicted molar refractivity (Wildman–Crippen MR) is 116 cm³/mol. The Morgan fingerprint density at radius 3 is 2.69 bits per heavy atom. The lowest BCUT2D eigenvalue weighted by molar-refractivity contribution is 0.0893. The molecular formula is C22H37N3O4. The van der Waals surface area contributed by atoms with E-state index in [1.807, 2.05) is 19.2 Å². The zero-order valence-electron chi connectivity index (χ0n) is 18.6. The molecule has 164 valence electrons. The lowest BCUT2D eigenvalue weighted by atomic mass is 10.1. The van der Waals surface area contributed by atoms with Gasteiger partial charge in [0.15, 0.2) is 17.5 Å². The number of benzene rings is 1. The van der Waals surface area contributed by atoms with Crippen LogP contribution >= 0.6 is 0 Å². The molecule has 0 radical (unpaired) electrons. The molecule has 29 heavy (non-hydrogen) atoms. The lowest BCUT2D eigenvalue weighted by Gasteiger charge is -2.23. The molecule has 1 aliphatic rings. The van der Waals surface area contributed by atoms with Gasteiger partial charge in [-0.3, -0.25) is 4.99 Å². The standard InChI is InChI=1S/C22H37N3O4/c1-6-23-22(24-9-7-10-28-15-18-8-11-29-16-18)25(3)14-19-13-21(27-5)20(26-4)12-17(19)2/h12-13,18H,6-11,14-16H2,1-5H3,(H,23,24). The van der Waals surface area contributed by atoms with Gasteiger partial charge < -0.3 is 29.2 Å². The van der Waals surface area contributed by atoms with Crippen LogP contribution in [0.25, 0.3) is 0 Å². The second-order valence-electron chi connectivity index (χ2n) is 7.38. The van der Waals surface area contributed by atoms with Crippen LogP contribution in [0.5, 0.6) is 11.5 Å². The maximum absolute atomic E-state index is 5.77. The average molecular weight is 408 g/mol. The Morgan fingerprint density at radius 1 is 1.28 bits per heavy atom. The minimum absolute atomic E-state index is 0.562. The summed E-state index contributed by atoms with van der Waals surface area (Å²) >= 11 is 0. The maximum Gasteiger partial charge on any atom is 0.193 e. The lowest BCUT2D eigenvalue weighted by Crippen LogP contribution is -2.38. The monoisotopic (exact) mass is 407 g/mol. The molecule has 0 saturated carbocycles. The van der Waals surface area contributed by atoms with Crippen LogP contribution < -0.4 is 14.8 Å². The summed E-state index contributed by atoms with van der Waals surface area (Å²) in [4.78, 5) is 6.89. The Balaban J connectivity index is 1.87. The average Bonchev–Trinajstić information content (AvgIpc) is 3.24. The first-order valence-electron chi connectivity index (χ1n) is 10.4. The topological polar surface area (TPSA) is 64.6 Å². The molecule has 1 aliphatic heterocycles. The number of hydrogen-bond acceptors (Lipinski definition) is 5. The van der Waals surface area contributed by atoms with E-state index in [1.165, 1.54) is 5.56 Å². The fourth-order valence-corrected chi connectivity index (χ4v) is 3.31. The van der Waals surface area contributed by atoms with Crippen LogP contribution in [0.1, 0.15) is 30.9 Å². The molecule has 1 atom stereocenters. The largest absolute Gasteiger partial charge is 0.493 e. The van der Waals surface area contributed by atoms with Crippen LogP contribution in [-0.2, 0) is 16.0 Å². The summed E-state index contributed by atoms with van der Waals surface area (Å²) in [7, 11) is 5.37. The highest BCUT2D eigenvalue weighted by Gasteiger charge is 2.15. The molecule has 7 nitrogen and oxygen atoms in total. The Bertz CT molecular complexity index is 645. The van der Waals surface area contributed by atoms with Gasteiger partial charge in [0.05, 0.1) is 27.4 Å². The Labute approximate surface area is 175 Å². The number of hydrogen-bond donors (Lipinski definition) is 1. The first-order chi connectivity index (χ1) is 14.1. The van der Waals surface area contributed by atoms with Gasteiger partial charge in [0, 0.05) is 45.8 Å². The molecule has 0 aromatic heterocycles. The van der Waals surface area contributed by atoms with Gasteiger partial charge in [0.25, 0.3) is 0 Å². The molecule has 0 spiro atoms. The minimum Gasteiger partial charge on any atom is -0.493 e. The van der Waals surface area contributed by atoms with Crippen molar-refractivity contribution in [2.45, 2.75) is 33.2 Å². The molecular weight excluding hydrogens is 370 g/mol. The van der Waals surface area contributed by atoms with Crippen molar-refractivity contribution in [3.05, 3.63) is 23.3 Å². The van der Waals surface area contributed by atoms with Crippen molar-refractivity contribution in [3.63, 3.8) is 0 Å². The maximum atomic E-state index is 5.77. The van der Waals surface area contributed by atoms with Crippen LogP contribution in [0.15, 0.2) is 17.1 Å². The molecule has 0 aliphatic carbocycles. The van der Waals surface area contributed by atoms with Crippen molar-refractivity contribution in [1.82, 2.24) is 10.2 Å². The molecule has 1 fully saturated rings. The van der Waals surface area contributed by atoms with Crippen LogP contribution in [0.4, 0.5) is 0 Å². The highest BCUT2D eigenvalue weighted by molar-refractivity contribution is 5.79. The summed E-state index contributed by atoms with van der Waals surface area (Å²) in [6.45, 7) is 9.69. The Kier molecular flexibility index (Phi) is 10.1. The highest BCUT2D eigenvalue weighted by Crippen LogP contribution is 2.30. The molecule has 1 aromatic carbocycles. The fourth-order valence-electron chi connectivity index (χ4n) is 3.31. The van der Waals surface area contributed by atoms with E-state index in [4.69, 9.17) is 23.9 Å². The van der Waals surface area contributed by atoms with Crippen LogP contribution in [0, 0.1) is 12.8 Å². The predicted octanol–water partition coefficient (Wildman–Crippen LogP) is 2.85. The summed E-state index contributed by atoms with van der Waals surface area (Å²) in [5.74, 6) is 2.95. The van der Waals surface area contributed by atoms with E-state index in [9.17, 15) is 0 Å². The van der Waals surface area contributed by atoms with Crippen molar-refractivity contribution >= 4 is 5.96 Å². The number of rotatable bonds is 11. The first kappa shape index (κ1) is 23.3. The number of methoxy groups -OCH3 is 2. The smallest absolute Gasteiger partial charge is 0.193 e. The molecule has 1 N–H and O–H groups in total. The highest BCUT2D eigenvalue weighted by atomic mass is 16.5. The van der Waals surface area contributed by atoms with Crippen molar-refractivity contribution in [3.8, 4) is 11.5 Å². The molecule has 7 heteroatoms. The van der Waals surface area contributed by atoms with E-state index in [2.05, 4.69) is 24.1 Å². The van der Waals surface area contributed by atoms with Crippen molar-refractivity contribution < 1.29 is 18.9 Å². The third kappa shape index (κ3) is 7.40. The van der Waals surface area contributed by atoms with Crippen molar-refractivity contribution in [2.24, 2.45) is 10.9 Å². The molecule has 1 aromatic rings. The zero-order chi connectivity index (χ0) is 21.1. The number of guanidine groups is 1. The number of nitrogens with zero attached hydrogens (tertiary/aromatic N) is 2. The summed E-state index contributed by atoms with van der Waals surface area (Å²) in [5, 5.41) is 3.37. The summed E-state index contributed by atoms with van der Waals surface area (Å²) in [6, 6.07) is 4.05. The molecule has 0 amide bonds. The third-order valence-electron chi connectivity index (χ3n) is 5.03. The van der Waals surface area contributed by atoms with Gasteiger partial charge in [-0.15, -0.1) is 0 Å². The van der Waals surface area contributed by atoms with Crippen LogP contribution in [0.3, 0.4) is 0 Å². The normalized spacial score (nSPS) is 16.7. The molecule has 1 unspecified atom stereocenters. The summed E-state index contributed by atoms with van der Waals surface area (Å²) in [5.41, 5.74) is 2.34. The number of aryl methyl sites for hydroxylation is 1. The van der Waals surface area contributed by atoms with Gasteiger partial charge in [-0.1, -0.05) is 0 Å². The van der Waals surface area contributed by atoms with E-state index in [1.54, 1.807) is 14.2 Å². The quantitative estimate of drug-likeness (QED) is 0.346. The van der Waals surface area contributed by atoms with Gasteiger partial charge in [-0.25, -0.2) is 0 Å². The van der Waals surface area contributed by atoms with Crippen molar-refractivity contribution in [1.29, 1.82) is 0 Å². The second kappa shape index (κ2) is 12.5. The minimum atomic E-state index is 0.562. The summed E-state index contributed by atoms with van der Waals surface area (Å²) < 4.78 is 22.0. The Hall–Kier alpha value is -1.99. The van der Waals surface area contributed by atoms with Gasteiger partial charge in [0.2, 0.25) is 0 Å². The number of ether oxygens (including phenoxy) is 4. The molecule has 1 saturated heterocycles. The van der Waals surface area contributed by atoms with Crippen LogP contribution in [0.2, 0.25) is 0 Å². The first-order valence-corrected chi connectivity index (χ1v) is 10.4. The third-order valence-corrected chi connectivity index (χ3v) is 5.03. The van der Waals surface area contributed by atoms with Crippen molar-refractivity contribution in [2.75, 3.05) is 60.8 Å².